The maximum absolute atomic E-state index is 12.9. The van der Waals surface area contributed by atoms with Crippen molar-refractivity contribution >= 4 is 28.8 Å². The first-order valence-corrected chi connectivity index (χ1v) is 7.75. The van der Waals surface area contributed by atoms with Crippen molar-refractivity contribution in [1.29, 1.82) is 0 Å². The Morgan fingerprint density at radius 3 is 2.30 bits per heavy atom. The minimum atomic E-state index is 0.00762. The number of aryl methyl sites for hydroxylation is 1. The van der Waals surface area contributed by atoms with Crippen molar-refractivity contribution < 1.29 is 4.79 Å². The summed E-state index contributed by atoms with van der Waals surface area (Å²) in [4.78, 5) is 12.9. The maximum Gasteiger partial charge on any atom is 0.195 e. The predicted octanol–water partition coefficient (Wildman–Crippen LogP) is 5.62. The highest BCUT2D eigenvalue weighted by Crippen LogP contribution is 2.25. The van der Waals surface area contributed by atoms with Crippen LogP contribution in [0.4, 0.5) is 11.4 Å². The van der Waals surface area contributed by atoms with E-state index in [0.717, 1.165) is 16.9 Å². The molecule has 0 aliphatic carbocycles. The van der Waals surface area contributed by atoms with Gasteiger partial charge >= 0.3 is 0 Å². The molecule has 3 heteroatoms. The van der Waals surface area contributed by atoms with E-state index in [2.05, 4.69) is 5.32 Å². The Bertz CT molecular complexity index is 858. The average molecular weight is 322 g/mol. The van der Waals surface area contributed by atoms with E-state index in [1.807, 2.05) is 79.7 Å². The number of hydrogen-bond acceptors (Lipinski definition) is 2. The smallest absolute Gasteiger partial charge is 0.195 e. The summed E-state index contributed by atoms with van der Waals surface area (Å²) in [7, 11) is 0. The summed E-state index contributed by atoms with van der Waals surface area (Å²) >= 11 is 6.02. The van der Waals surface area contributed by atoms with Gasteiger partial charge in [-0.05, 0) is 42.8 Å². The molecule has 0 unspecified atom stereocenters. The van der Waals surface area contributed by atoms with Crippen LogP contribution in [0.5, 0.6) is 0 Å². The number of carbonyl (C=O) groups is 1. The highest BCUT2D eigenvalue weighted by Gasteiger charge is 2.15. The summed E-state index contributed by atoms with van der Waals surface area (Å²) in [6, 6.07) is 22.6. The summed E-state index contributed by atoms with van der Waals surface area (Å²) in [6.45, 7) is 1.94. The van der Waals surface area contributed by atoms with E-state index < -0.39 is 0 Å². The van der Waals surface area contributed by atoms with Gasteiger partial charge in [-0.3, -0.25) is 4.79 Å². The van der Waals surface area contributed by atoms with Crippen LogP contribution in [0.1, 0.15) is 21.5 Å². The molecule has 0 saturated heterocycles. The largest absolute Gasteiger partial charge is 0.355 e. The lowest BCUT2D eigenvalue weighted by atomic mass is 9.98. The second-order valence-electron chi connectivity index (χ2n) is 5.32. The third-order valence-corrected chi connectivity index (χ3v) is 3.90. The lowest BCUT2D eigenvalue weighted by Crippen LogP contribution is -2.07. The average Bonchev–Trinajstić information content (AvgIpc) is 2.55. The zero-order valence-corrected chi connectivity index (χ0v) is 13.5. The Morgan fingerprint density at radius 1 is 0.870 bits per heavy atom. The zero-order valence-electron chi connectivity index (χ0n) is 12.7. The van der Waals surface area contributed by atoms with Gasteiger partial charge in [0.05, 0.1) is 0 Å². The minimum Gasteiger partial charge on any atom is -0.355 e. The molecule has 0 bridgehead atoms. The van der Waals surface area contributed by atoms with E-state index in [-0.39, 0.29) is 5.78 Å². The number of para-hydroxylation sites is 1. The van der Waals surface area contributed by atoms with Gasteiger partial charge in [-0.25, -0.2) is 0 Å². The Hall–Kier alpha value is -2.58. The van der Waals surface area contributed by atoms with Crippen molar-refractivity contribution in [2.24, 2.45) is 0 Å². The van der Waals surface area contributed by atoms with Crippen LogP contribution in [0, 0.1) is 6.92 Å². The molecule has 2 nitrogen and oxygen atoms in total. The molecule has 0 atom stereocenters. The fraction of sp³-hybridized carbons (Fsp3) is 0.0500. The van der Waals surface area contributed by atoms with Gasteiger partial charge in [-0.2, -0.15) is 0 Å². The first-order chi connectivity index (χ1) is 11.1. The van der Waals surface area contributed by atoms with Crippen LogP contribution in [0.3, 0.4) is 0 Å². The Morgan fingerprint density at radius 2 is 1.57 bits per heavy atom. The molecule has 0 aromatic heterocycles. The van der Waals surface area contributed by atoms with Gasteiger partial charge in [-0.15, -0.1) is 0 Å². The van der Waals surface area contributed by atoms with E-state index in [1.165, 1.54) is 0 Å². The zero-order chi connectivity index (χ0) is 16.2. The molecule has 3 aromatic rings. The SMILES string of the molecule is Cc1ccccc1C(=O)c1ccccc1Nc1cccc(Cl)c1. The Kier molecular flexibility index (Phi) is 4.45. The van der Waals surface area contributed by atoms with Gasteiger partial charge in [-0.1, -0.05) is 54.1 Å². The summed E-state index contributed by atoms with van der Waals surface area (Å²) in [5.74, 6) is 0.00762. The highest BCUT2D eigenvalue weighted by molar-refractivity contribution is 6.30. The number of ketones is 1. The Labute approximate surface area is 140 Å². The van der Waals surface area contributed by atoms with Gasteiger partial charge in [0.2, 0.25) is 0 Å². The molecule has 0 saturated carbocycles. The number of rotatable bonds is 4. The topological polar surface area (TPSA) is 29.1 Å². The van der Waals surface area contributed by atoms with Crippen LogP contribution in [-0.2, 0) is 0 Å². The summed E-state index contributed by atoms with van der Waals surface area (Å²) in [5.41, 5.74) is 3.94. The fourth-order valence-corrected chi connectivity index (χ4v) is 2.67. The van der Waals surface area contributed by atoms with Crippen LogP contribution >= 0.6 is 11.6 Å². The predicted molar refractivity (Wildman–Crippen MR) is 95.8 cm³/mol. The second-order valence-corrected chi connectivity index (χ2v) is 5.76. The third kappa shape index (κ3) is 3.43. The molecule has 1 N–H and O–H groups in total. The highest BCUT2D eigenvalue weighted by atomic mass is 35.5. The van der Waals surface area contributed by atoms with Gasteiger partial charge in [0.15, 0.2) is 5.78 Å². The molecule has 3 aromatic carbocycles. The van der Waals surface area contributed by atoms with E-state index >= 15 is 0 Å². The number of hydrogen-bond donors (Lipinski definition) is 1. The number of anilines is 2. The van der Waals surface area contributed by atoms with Crippen LogP contribution in [0.2, 0.25) is 5.02 Å². The van der Waals surface area contributed by atoms with Crippen molar-refractivity contribution in [3.05, 3.63) is 94.5 Å². The first kappa shape index (κ1) is 15.3. The van der Waals surface area contributed by atoms with Crippen molar-refractivity contribution in [1.82, 2.24) is 0 Å². The van der Waals surface area contributed by atoms with Crippen LogP contribution in [-0.4, -0.2) is 5.78 Å². The van der Waals surface area contributed by atoms with Crippen molar-refractivity contribution in [3.63, 3.8) is 0 Å². The molecular formula is C20H16ClNO. The van der Waals surface area contributed by atoms with Crippen molar-refractivity contribution in [2.45, 2.75) is 6.92 Å². The molecule has 0 heterocycles. The molecule has 0 aliphatic heterocycles. The van der Waals surface area contributed by atoms with E-state index in [4.69, 9.17) is 11.6 Å². The summed E-state index contributed by atoms with van der Waals surface area (Å²) < 4.78 is 0. The van der Waals surface area contributed by atoms with Crippen LogP contribution in [0.25, 0.3) is 0 Å². The van der Waals surface area contributed by atoms with Gasteiger partial charge in [0, 0.05) is 27.5 Å². The molecule has 0 spiro atoms. The quantitative estimate of drug-likeness (QED) is 0.631. The molecule has 0 aliphatic rings. The molecular weight excluding hydrogens is 306 g/mol. The lowest BCUT2D eigenvalue weighted by Gasteiger charge is -2.12. The molecule has 0 fully saturated rings. The van der Waals surface area contributed by atoms with Crippen molar-refractivity contribution in [3.8, 4) is 0 Å². The number of nitrogens with one attached hydrogen (secondary N) is 1. The number of benzene rings is 3. The minimum absolute atomic E-state index is 0.00762. The van der Waals surface area contributed by atoms with Gasteiger partial charge < -0.3 is 5.32 Å². The molecule has 0 amide bonds. The summed E-state index contributed by atoms with van der Waals surface area (Å²) in [6.07, 6.45) is 0. The van der Waals surface area contributed by atoms with E-state index in [1.54, 1.807) is 0 Å². The first-order valence-electron chi connectivity index (χ1n) is 7.37. The monoisotopic (exact) mass is 321 g/mol. The molecule has 0 radical (unpaired) electrons. The van der Waals surface area contributed by atoms with Crippen LogP contribution < -0.4 is 5.32 Å². The number of halogens is 1. The van der Waals surface area contributed by atoms with E-state index in [0.29, 0.717) is 16.1 Å². The maximum atomic E-state index is 12.9. The molecule has 114 valence electrons. The lowest BCUT2D eigenvalue weighted by molar-refractivity contribution is 0.103. The summed E-state index contributed by atoms with van der Waals surface area (Å²) in [5, 5.41) is 3.93. The second kappa shape index (κ2) is 6.67. The molecule has 3 rings (SSSR count). The van der Waals surface area contributed by atoms with Crippen LogP contribution in [0.15, 0.2) is 72.8 Å². The molecule has 23 heavy (non-hydrogen) atoms. The number of carbonyl (C=O) groups excluding carboxylic acids is 1. The third-order valence-electron chi connectivity index (χ3n) is 3.67. The van der Waals surface area contributed by atoms with Crippen molar-refractivity contribution in [2.75, 3.05) is 5.32 Å². The fourth-order valence-electron chi connectivity index (χ4n) is 2.48. The van der Waals surface area contributed by atoms with E-state index in [9.17, 15) is 4.79 Å². The van der Waals surface area contributed by atoms with Gasteiger partial charge in [0.25, 0.3) is 0 Å². The standard InChI is InChI=1S/C20H16ClNO/c1-14-7-2-3-10-17(14)20(23)18-11-4-5-12-19(18)22-16-9-6-8-15(21)13-16/h2-13,22H,1H3. The van der Waals surface area contributed by atoms with Gasteiger partial charge in [0.1, 0.15) is 0 Å². The Balaban J connectivity index is 1.98. The normalized spacial score (nSPS) is 10.3.